The van der Waals surface area contributed by atoms with Gasteiger partial charge < -0.3 is 5.32 Å². The fourth-order valence-corrected chi connectivity index (χ4v) is 5.38. The van der Waals surface area contributed by atoms with Crippen molar-refractivity contribution in [1.29, 1.82) is 0 Å². The highest BCUT2D eigenvalue weighted by Gasteiger charge is 2.31. The van der Waals surface area contributed by atoms with E-state index in [4.69, 9.17) is 11.6 Å². The lowest BCUT2D eigenvalue weighted by Gasteiger charge is -2.34. The third kappa shape index (κ3) is 4.37. The summed E-state index contributed by atoms with van der Waals surface area (Å²) in [6, 6.07) is 9.95. The van der Waals surface area contributed by atoms with Crippen molar-refractivity contribution in [3.63, 3.8) is 0 Å². The molecule has 28 heavy (non-hydrogen) atoms. The minimum absolute atomic E-state index is 0.0366. The Morgan fingerprint density at radius 3 is 2.32 bits per heavy atom. The number of anilines is 1. The molecule has 1 saturated heterocycles. The summed E-state index contributed by atoms with van der Waals surface area (Å²) < 4.78 is 41.2. The molecule has 0 spiro atoms. The summed E-state index contributed by atoms with van der Waals surface area (Å²) in [5.74, 6) is -0.664. The highest BCUT2D eigenvalue weighted by molar-refractivity contribution is 7.89. The average molecular weight is 425 g/mol. The molecule has 1 fully saturated rings. The van der Waals surface area contributed by atoms with E-state index in [2.05, 4.69) is 5.32 Å². The Morgan fingerprint density at radius 2 is 1.71 bits per heavy atom. The lowest BCUT2D eigenvalue weighted by atomic mass is 9.94. The van der Waals surface area contributed by atoms with Gasteiger partial charge in [0, 0.05) is 18.7 Å². The first kappa shape index (κ1) is 20.8. The summed E-state index contributed by atoms with van der Waals surface area (Å²) >= 11 is 5.71. The quantitative estimate of drug-likeness (QED) is 0.791. The number of nitrogens with zero attached hydrogens (tertiary/aromatic N) is 1. The second-order valence-electron chi connectivity index (χ2n) is 7.35. The van der Waals surface area contributed by atoms with Crippen LogP contribution in [-0.2, 0) is 10.0 Å². The highest BCUT2D eigenvalue weighted by atomic mass is 35.5. The molecular formula is C20H22ClFN2O3S. The normalized spacial score (nSPS) is 20.7. The van der Waals surface area contributed by atoms with Crippen LogP contribution in [0.5, 0.6) is 0 Å². The van der Waals surface area contributed by atoms with E-state index in [1.54, 1.807) is 0 Å². The molecule has 2 aromatic carbocycles. The van der Waals surface area contributed by atoms with Gasteiger partial charge in [-0.3, -0.25) is 4.79 Å². The smallest absolute Gasteiger partial charge is 0.255 e. The molecule has 0 radical (unpaired) electrons. The van der Waals surface area contributed by atoms with Gasteiger partial charge in [-0.15, -0.1) is 0 Å². The minimum Gasteiger partial charge on any atom is -0.319 e. The number of sulfonamides is 1. The van der Waals surface area contributed by atoms with E-state index in [1.165, 1.54) is 46.8 Å². The summed E-state index contributed by atoms with van der Waals surface area (Å²) in [6.45, 7) is 5.06. The van der Waals surface area contributed by atoms with Gasteiger partial charge in [0.15, 0.2) is 5.82 Å². The molecule has 0 aliphatic carbocycles. The number of amides is 1. The maximum Gasteiger partial charge on any atom is 0.255 e. The third-order valence-corrected chi connectivity index (χ3v) is 6.93. The minimum atomic E-state index is -3.62. The Morgan fingerprint density at radius 1 is 1.11 bits per heavy atom. The van der Waals surface area contributed by atoms with Crippen molar-refractivity contribution in [3.8, 4) is 0 Å². The Labute approximate surface area is 169 Å². The van der Waals surface area contributed by atoms with Crippen LogP contribution in [0, 0.1) is 17.7 Å². The zero-order valence-electron chi connectivity index (χ0n) is 15.7. The standard InChI is InChI=1S/C20H22ClFN2O3S/c1-13-10-14(2)12-24(11-13)28(26,27)16-8-6-15(7-9-16)20(25)23-18-5-3-4-17(21)19(18)22/h3-9,13-14H,10-12H2,1-2H3,(H,23,25). The Bertz CT molecular complexity index is 969. The molecule has 2 aromatic rings. The molecule has 8 heteroatoms. The van der Waals surface area contributed by atoms with Crippen molar-refractivity contribution in [2.75, 3.05) is 18.4 Å². The van der Waals surface area contributed by atoms with Crippen LogP contribution in [0.25, 0.3) is 0 Å². The third-order valence-electron chi connectivity index (χ3n) is 4.79. The first-order valence-corrected chi connectivity index (χ1v) is 10.9. The maximum atomic E-state index is 13.9. The van der Waals surface area contributed by atoms with E-state index >= 15 is 0 Å². The van der Waals surface area contributed by atoms with Crippen LogP contribution in [0.3, 0.4) is 0 Å². The van der Waals surface area contributed by atoms with Gasteiger partial charge in [-0.1, -0.05) is 31.5 Å². The second-order valence-corrected chi connectivity index (χ2v) is 9.69. The van der Waals surface area contributed by atoms with E-state index in [0.717, 1.165) is 6.42 Å². The van der Waals surface area contributed by atoms with Crippen molar-refractivity contribution in [2.24, 2.45) is 11.8 Å². The van der Waals surface area contributed by atoms with Crippen molar-refractivity contribution in [3.05, 3.63) is 58.9 Å². The summed E-state index contributed by atoms with van der Waals surface area (Å²) in [4.78, 5) is 12.5. The molecule has 1 amide bonds. The number of rotatable bonds is 4. The lowest BCUT2D eigenvalue weighted by Crippen LogP contribution is -2.42. The average Bonchev–Trinajstić information content (AvgIpc) is 2.64. The van der Waals surface area contributed by atoms with Gasteiger partial charge in [0.2, 0.25) is 10.0 Å². The van der Waals surface area contributed by atoms with Gasteiger partial charge in [0.25, 0.3) is 5.91 Å². The molecule has 0 saturated carbocycles. The van der Waals surface area contributed by atoms with Gasteiger partial charge >= 0.3 is 0 Å². The van der Waals surface area contributed by atoms with Crippen LogP contribution >= 0.6 is 11.6 Å². The number of carbonyl (C=O) groups is 1. The van der Waals surface area contributed by atoms with Crippen LogP contribution in [0.4, 0.5) is 10.1 Å². The van der Waals surface area contributed by atoms with E-state index in [1.807, 2.05) is 13.8 Å². The molecule has 0 bridgehead atoms. The monoisotopic (exact) mass is 424 g/mol. The number of nitrogens with one attached hydrogen (secondary N) is 1. The predicted octanol–water partition coefficient (Wildman–Crippen LogP) is 4.40. The van der Waals surface area contributed by atoms with Crippen molar-refractivity contribution in [2.45, 2.75) is 25.2 Å². The summed E-state index contributed by atoms with van der Waals surface area (Å²) in [5, 5.41) is 2.35. The molecule has 2 unspecified atom stereocenters. The Balaban J connectivity index is 1.77. The summed E-state index contributed by atoms with van der Waals surface area (Å²) in [6.07, 6.45) is 1.01. The van der Waals surface area contributed by atoms with Crippen LogP contribution in [0.2, 0.25) is 5.02 Å². The van der Waals surface area contributed by atoms with Crippen LogP contribution < -0.4 is 5.32 Å². The summed E-state index contributed by atoms with van der Waals surface area (Å²) in [5.41, 5.74) is 0.184. The van der Waals surface area contributed by atoms with E-state index in [0.29, 0.717) is 24.9 Å². The van der Waals surface area contributed by atoms with Gasteiger partial charge in [0.05, 0.1) is 15.6 Å². The maximum absolute atomic E-state index is 13.9. The topological polar surface area (TPSA) is 66.5 Å². The first-order chi connectivity index (χ1) is 13.2. The first-order valence-electron chi connectivity index (χ1n) is 9.04. The number of halogens is 2. The Kier molecular flexibility index (Phi) is 6.07. The number of carbonyl (C=O) groups excluding carboxylic acids is 1. The summed E-state index contributed by atoms with van der Waals surface area (Å²) in [7, 11) is -3.62. The van der Waals surface area contributed by atoms with Crippen LogP contribution in [0.15, 0.2) is 47.4 Å². The number of benzene rings is 2. The Hall–Kier alpha value is -1.96. The zero-order chi connectivity index (χ0) is 20.5. The van der Waals surface area contributed by atoms with Gasteiger partial charge in [-0.05, 0) is 54.7 Å². The molecule has 0 aromatic heterocycles. The highest BCUT2D eigenvalue weighted by Crippen LogP contribution is 2.27. The predicted molar refractivity (Wildman–Crippen MR) is 108 cm³/mol. The van der Waals surface area contributed by atoms with E-state index in [9.17, 15) is 17.6 Å². The molecule has 1 heterocycles. The molecule has 150 valence electrons. The number of hydrogen-bond donors (Lipinski definition) is 1. The molecule has 5 nitrogen and oxygen atoms in total. The number of piperidine rings is 1. The van der Waals surface area contributed by atoms with Crippen molar-refractivity contribution >= 4 is 33.2 Å². The molecule has 1 N–H and O–H groups in total. The van der Waals surface area contributed by atoms with E-state index in [-0.39, 0.29) is 21.2 Å². The largest absolute Gasteiger partial charge is 0.319 e. The van der Waals surface area contributed by atoms with Gasteiger partial charge in [-0.25, -0.2) is 12.8 Å². The van der Waals surface area contributed by atoms with Gasteiger partial charge in [-0.2, -0.15) is 4.31 Å². The molecule has 1 aliphatic rings. The van der Waals surface area contributed by atoms with Crippen LogP contribution in [-0.4, -0.2) is 31.7 Å². The number of hydrogen-bond acceptors (Lipinski definition) is 3. The van der Waals surface area contributed by atoms with Gasteiger partial charge in [0.1, 0.15) is 0 Å². The zero-order valence-corrected chi connectivity index (χ0v) is 17.2. The molecule has 1 aliphatic heterocycles. The lowest BCUT2D eigenvalue weighted by molar-refractivity contribution is 0.102. The SMILES string of the molecule is CC1CC(C)CN(S(=O)(=O)c2ccc(C(=O)Nc3cccc(Cl)c3F)cc2)C1. The van der Waals surface area contributed by atoms with Crippen molar-refractivity contribution in [1.82, 2.24) is 4.31 Å². The second kappa shape index (κ2) is 8.19. The fraction of sp³-hybridized carbons (Fsp3) is 0.350. The van der Waals surface area contributed by atoms with Crippen molar-refractivity contribution < 1.29 is 17.6 Å². The molecular weight excluding hydrogens is 403 g/mol. The van der Waals surface area contributed by atoms with E-state index < -0.39 is 21.7 Å². The fourth-order valence-electron chi connectivity index (χ4n) is 3.52. The molecule has 3 rings (SSSR count). The van der Waals surface area contributed by atoms with Crippen LogP contribution in [0.1, 0.15) is 30.6 Å². The molecule has 2 atom stereocenters.